The minimum absolute atomic E-state index is 0.0759. The maximum Gasteiger partial charge on any atom is 0.269 e. The third-order valence-corrected chi connectivity index (χ3v) is 6.17. The Kier molecular flexibility index (Phi) is 3.65. The van der Waals surface area contributed by atoms with E-state index in [1.54, 1.807) is 18.3 Å². The van der Waals surface area contributed by atoms with Crippen molar-refractivity contribution < 1.29 is 9.34 Å². The van der Waals surface area contributed by atoms with Gasteiger partial charge in [-0.25, -0.2) is 0 Å². The van der Waals surface area contributed by atoms with Crippen molar-refractivity contribution in [3.05, 3.63) is 82.0 Å². The summed E-state index contributed by atoms with van der Waals surface area (Å²) in [5, 5.41) is 15.3. The third kappa shape index (κ3) is 2.59. The van der Waals surface area contributed by atoms with Crippen LogP contribution in [0.4, 0.5) is 5.69 Å². The van der Waals surface area contributed by atoms with Crippen molar-refractivity contribution in [2.75, 3.05) is 0 Å². The van der Waals surface area contributed by atoms with E-state index in [1.807, 2.05) is 6.07 Å². The van der Waals surface area contributed by atoms with Crippen molar-refractivity contribution >= 4 is 38.4 Å². The average molecular weight is 394 g/mol. The zero-order chi connectivity index (χ0) is 20.2. The van der Waals surface area contributed by atoms with Crippen molar-refractivity contribution in [2.45, 2.75) is 25.7 Å². The molecule has 0 spiro atoms. The summed E-state index contributed by atoms with van der Waals surface area (Å²) in [4.78, 5) is 15.2. The second kappa shape index (κ2) is 6.39. The van der Waals surface area contributed by atoms with E-state index in [0.29, 0.717) is 0 Å². The Morgan fingerprint density at radius 3 is 2.30 bits per heavy atom. The van der Waals surface area contributed by atoms with Crippen LogP contribution in [0.3, 0.4) is 0 Å². The Bertz CT molecular complexity index is 1470. The van der Waals surface area contributed by atoms with Gasteiger partial charge in [0.2, 0.25) is 0 Å². The van der Waals surface area contributed by atoms with Crippen LogP contribution in [0.5, 0.6) is 0 Å². The van der Waals surface area contributed by atoms with Crippen LogP contribution < -0.4 is 0 Å². The minimum atomic E-state index is -0.387. The van der Waals surface area contributed by atoms with Crippen LogP contribution >= 0.6 is 0 Å². The molecule has 0 bridgehead atoms. The largest absolute Gasteiger partial charge is 0.456 e. The number of aromatic nitrogens is 1. The minimum Gasteiger partial charge on any atom is -0.456 e. The van der Waals surface area contributed by atoms with Gasteiger partial charge in [-0.15, -0.1) is 0 Å². The fourth-order valence-corrected chi connectivity index (χ4v) is 4.64. The van der Waals surface area contributed by atoms with Crippen LogP contribution in [0.2, 0.25) is 0 Å². The molecule has 0 radical (unpaired) electrons. The number of rotatable bonds is 2. The predicted octanol–water partition coefficient (Wildman–Crippen LogP) is 6.59. The molecule has 6 rings (SSSR count). The number of nitro groups is 1. The van der Waals surface area contributed by atoms with Crippen LogP contribution in [0.25, 0.3) is 44.0 Å². The molecule has 5 aromatic rings. The van der Waals surface area contributed by atoms with Gasteiger partial charge in [-0.2, -0.15) is 0 Å². The van der Waals surface area contributed by atoms with Gasteiger partial charge in [-0.05, 0) is 84.7 Å². The first-order valence-corrected chi connectivity index (χ1v) is 10.2. The number of nitrogens with zero attached hydrogens (tertiary/aromatic N) is 2. The van der Waals surface area contributed by atoms with Crippen molar-refractivity contribution in [1.29, 1.82) is 0 Å². The highest BCUT2D eigenvalue weighted by Gasteiger charge is 2.16. The molecule has 0 aliphatic heterocycles. The molecule has 0 amide bonds. The van der Waals surface area contributed by atoms with Gasteiger partial charge in [-0.1, -0.05) is 0 Å². The van der Waals surface area contributed by atoms with Gasteiger partial charge in [0.15, 0.2) is 0 Å². The Morgan fingerprint density at radius 2 is 1.53 bits per heavy atom. The van der Waals surface area contributed by atoms with E-state index in [9.17, 15) is 10.1 Å². The van der Waals surface area contributed by atoms with E-state index in [1.165, 1.54) is 36.1 Å². The number of benzene rings is 3. The molecule has 1 aliphatic carbocycles. The van der Waals surface area contributed by atoms with Crippen LogP contribution in [0, 0.1) is 10.1 Å². The van der Waals surface area contributed by atoms with Crippen LogP contribution in [-0.4, -0.2) is 9.91 Å². The van der Waals surface area contributed by atoms with E-state index in [0.717, 1.165) is 56.8 Å². The number of furan rings is 1. The van der Waals surface area contributed by atoms with E-state index < -0.39 is 0 Å². The van der Waals surface area contributed by atoms with E-state index >= 15 is 0 Å². The van der Waals surface area contributed by atoms with E-state index in [4.69, 9.17) is 4.42 Å². The number of non-ortho nitro benzene ring substituents is 1. The van der Waals surface area contributed by atoms with Gasteiger partial charge >= 0.3 is 0 Å². The normalized spacial score (nSPS) is 13.7. The quantitative estimate of drug-likeness (QED) is 0.250. The fourth-order valence-electron chi connectivity index (χ4n) is 4.64. The maximum atomic E-state index is 11.0. The molecule has 1 aliphatic rings. The van der Waals surface area contributed by atoms with Crippen LogP contribution in [0.1, 0.15) is 24.0 Å². The molecule has 5 nitrogen and oxygen atoms in total. The van der Waals surface area contributed by atoms with Gasteiger partial charge < -0.3 is 4.42 Å². The standard InChI is InChI=1S/C25H18N2O3/c28-27(29)19-7-5-15(6-8-19)25-20-14-22-21-11-16-3-1-2-4-17(16)12-23(21)30-24(22)13-18(20)9-10-26-25/h5-14H,1-4H2. The molecule has 0 unspecified atom stereocenters. The van der Waals surface area contributed by atoms with Crippen molar-refractivity contribution in [3.8, 4) is 11.3 Å². The summed E-state index contributed by atoms with van der Waals surface area (Å²) in [6.45, 7) is 0. The topological polar surface area (TPSA) is 69.2 Å². The number of hydrogen-bond acceptors (Lipinski definition) is 4. The smallest absolute Gasteiger partial charge is 0.269 e. The first-order chi connectivity index (χ1) is 14.7. The molecule has 5 heteroatoms. The second-order valence-corrected chi connectivity index (χ2v) is 7.96. The van der Waals surface area contributed by atoms with Gasteiger partial charge in [-0.3, -0.25) is 15.1 Å². The first-order valence-electron chi connectivity index (χ1n) is 10.2. The van der Waals surface area contributed by atoms with Gasteiger partial charge in [0, 0.05) is 40.1 Å². The van der Waals surface area contributed by atoms with Gasteiger partial charge in [0.25, 0.3) is 5.69 Å². The monoisotopic (exact) mass is 394 g/mol. The van der Waals surface area contributed by atoms with Crippen molar-refractivity contribution in [2.24, 2.45) is 0 Å². The lowest BCUT2D eigenvalue weighted by Crippen LogP contribution is -2.01. The molecule has 0 N–H and O–H groups in total. The van der Waals surface area contributed by atoms with Crippen molar-refractivity contribution in [1.82, 2.24) is 4.98 Å². The Balaban J connectivity index is 1.59. The molecule has 0 saturated heterocycles. The Hall–Kier alpha value is -3.73. The number of hydrogen-bond donors (Lipinski definition) is 0. The fraction of sp³-hybridized carbons (Fsp3) is 0.160. The number of nitro benzene ring substituents is 1. The molecule has 0 atom stereocenters. The summed E-state index contributed by atoms with van der Waals surface area (Å²) in [6, 6.07) is 17.3. The SMILES string of the molecule is O=[N+]([O-])c1ccc(-c2nccc3cc4oc5cc6c(cc5c4cc23)CCCC6)cc1. The van der Waals surface area contributed by atoms with E-state index in [2.05, 4.69) is 29.2 Å². The lowest BCUT2D eigenvalue weighted by molar-refractivity contribution is -0.384. The second-order valence-electron chi connectivity index (χ2n) is 7.96. The number of pyridine rings is 1. The molecule has 0 fully saturated rings. The lowest BCUT2D eigenvalue weighted by atomic mass is 9.90. The zero-order valence-electron chi connectivity index (χ0n) is 16.2. The number of fused-ring (bicyclic) bond motifs is 5. The number of aryl methyl sites for hydroxylation is 2. The summed E-state index contributed by atoms with van der Waals surface area (Å²) in [7, 11) is 0. The maximum absolute atomic E-state index is 11.0. The summed E-state index contributed by atoms with van der Waals surface area (Å²) in [5.41, 5.74) is 6.40. The highest BCUT2D eigenvalue weighted by atomic mass is 16.6. The molecule has 2 aromatic heterocycles. The first kappa shape index (κ1) is 17.2. The summed E-state index contributed by atoms with van der Waals surface area (Å²) < 4.78 is 6.22. The van der Waals surface area contributed by atoms with Gasteiger partial charge in [0.1, 0.15) is 11.2 Å². The summed E-state index contributed by atoms with van der Waals surface area (Å²) >= 11 is 0. The highest BCUT2D eigenvalue weighted by molar-refractivity contribution is 6.12. The van der Waals surface area contributed by atoms with E-state index in [-0.39, 0.29) is 10.6 Å². The summed E-state index contributed by atoms with van der Waals surface area (Å²) in [5.74, 6) is 0. The molecule has 30 heavy (non-hydrogen) atoms. The Morgan fingerprint density at radius 1 is 0.833 bits per heavy atom. The molecule has 0 saturated carbocycles. The molecule has 3 aromatic carbocycles. The molecule has 2 heterocycles. The summed E-state index contributed by atoms with van der Waals surface area (Å²) in [6.07, 6.45) is 6.50. The highest BCUT2D eigenvalue weighted by Crippen LogP contribution is 2.37. The molecule has 146 valence electrons. The lowest BCUT2D eigenvalue weighted by Gasteiger charge is -2.14. The predicted molar refractivity (Wildman–Crippen MR) is 118 cm³/mol. The Labute approximate surface area is 172 Å². The third-order valence-electron chi connectivity index (χ3n) is 6.17. The zero-order valence-corrected chi connectivity index (χ0v) is 16.2. The average Bonchev–Trinajstić information content (AvgIpc) is 3.12. The van der Waals surface area contributed by atoms with Gasteiger partial charge in [0.05, 0.1) is 10.6 Å². The van der Waals surface area contributed by atoms with Crippen LogP contribution in [-0.2, 0) is 12.8 Å². The molecular weight excluding hydrogens is 376 g/mol. The molecular formula is C25H18N2O3. The van der Waals surface area contributed by atoms with Crippen molar-refractivity contribution in [3.63, 3.8) is 0 Å². The van der Waals surface area contributed by atoms with Crippen LogP contribution in [0.15, 0.2) is 65.2 Å².